The Balaban J connectivity index is 2.36. The molecule has 0 aliphatic rings. The highest BCUT2D eigenvalue weighted by Crippen LogP contribution is 2.12. The van der Waals surface area contributed by atoms with Crippen molar-refractivity contribution in [2.24, 2.45) is 0 Å². The molecule has 1 aromatic rings. The maximum atomic E-state index is 5.63. The van der Waals surface area contributed by atoms with E-state index in [0.717, 1.165) is 12.2 Å². The number of alkyl halides is 1. The van der Waals surface area contributed by atoms with Gasteiger partial charge in [-0.05, 0) is 13.8 Å². The zero-order valence-corrected chi connectivity index (χ0v) is 10.1. The second-order valence-corrected chi connectivity index (χ2v) is 3.86. The predicted molar refractivity (Wildman–Crippen MR) is 60.4 cm³/mol. The Hall–Kier alpha value is -0.740. The van der Waals surface area contributed by atoms with E-state index in [1.54, 1.807) is 6.26 Å². The van der Waals surface area contributed by atoms with Crippen LogP contribution in [0, 0.1) is 0 Å². The molecule has 1 rings (SSSR count). The fourth-order valence-electron chi connectivity index (χ4n) is 1.05. The van der Waals surface area contributed by atoms with Crippen LogP contribution in [0.4, 0.5) is 6.01 Å². The van der Waals surface area contributed by atoms with Gasteiger partial charge in [0.2, 0.25) is 0 Å². The first kappa shape index (κ1) is 12.3. The van der Waals surface area contributed by atoms with Crippen LogP contribution in [-0.2, 0) is 10.6 Å². The second kappa shape index (κ2) is 5.98. The van der Waals surface area contributed by atoms with E-state index in [0.29, 0.717) is 18.5 Å². The lowest BCUT2D eigenvalue weighted by molar-refractivity contribution is 0.0841. The van der Waals surface area contributed by atoms with E-state index >= 15 is 0 Å². The Labute approximate surface area is 95.2 Å². The molecule has 0 spiro atoms. The number of hydrogen-bond acceptors (Lipinski definition) is 4. The Kier molecular flexibility index (Phi) is 4.91. The van der Waals surface area contributed by atoms with Crippen molar-refractivity contribution in [1.82, 2.24) is 4.98 Å². The largest absolute Gasteiger partial charge is 0.432 e. The fourth-order valence-corrected chi connectivity index (χ4v) is 1.18. The van der Waals surface area contributed by atoms with Crippen molar-refractivity contribution < 1.29 is 9.15 Å². The summed E-state index contributed by atoms with van der Waals surface area (Å²) in [4.78, 5) is 6.10. The maximum Gasteiger partial charge on any atom is 0.297 e. The quantitative estimate of drug-likeness (QED) is 0.706. The summed E-state index contributed by atoms with van der Waals surface area (Å²) < 4.78 is 10.7. The summed E-state index contributed by atoms with van der Waals surface area (Å²) in [6.45, 7) is 5.43. The van der Waals surface area contributed by atoms with Gasteiger partial charge in [0.05, 0.1) is 24.3 Å². The molecule has 1 aromatic heterocycles. The van der Waals surface area contributed by atoms with Crippen molar-refractivity contribution in [3.8, 4) is 0 Å². The molecule has 0 N–H and O–H groups in total. The van der Waals surface area contributed by atoms with Crippen molar-refractivity contribution in [3.63, 3.8) is 0 Å². The van der Waals surface area contributed by atoms with E-state index in [1.165, 1.54) is 0 Å². The molecule has 0 aliphatic heterocycles. The molecule has 0 saturated carbocycles. The Morgan fingerprint density at radius 2 is 2.33 bits per heavy atom. The number of hydrogen-bond donors (Lipinski definition) is 0. The molecule has 0 bridgehead atoms. The van der Waals surface area contributed by atoms with Gasteiger partial charge in [0.1, 0.15) is 6.26 Å². The molecular formula is C10H17ClN2O2. The van der Waals surface area contributed by atoms with Gasteiger partial charge in [0, 0.05) is 13.6 Å². The zero-order chi connectivity index (χ0) is 11.3. The number of anilines is 1. The van der Waals surface area contributed by atoms with Gasteiger partial charge >= 0.3 is 0 Å². The van der Waals surface area contributed by atoms with E-state index < -0.39 is 0 Å². The minimum absolute atomic E-state index is 0.251. The monoisotopic (exact) mass is 232 g/mol. The van der Waals surface area contributed by atoms with Gasteiger partial charge in [-0.2, -0.15) is 4.98 Å². The molecule has 0 amide bonds. The summed E-state index contributed by atoms with van der Waals surface area (Å²) in [7, 11) is 1.91. The van der Waals surface area contributed by atoms with Crippen LogP contribution in [0.5, 0.6) is 0 Å². The molecule has 0 radical (unpaired) electrons. The maximum absolute atomic E-state index is 5.63. The summed E-state index contributed by atoms with van der Waals surface area (Å²) in [5.41, 5.74) is 0.753. The second-order valence-electron chi connectivity index (χ2n) is 3.60. The molecule has 4 nitrogen and oxygen atoms in total. The third-order valence-corrected chi connectivity index (χ3v) is 2.15. The van der Waals surface area contributed by atoms with Gasteiger partial charge < -0.3 is 14.1 Å². The third kappa shape index (κ3) is 4.10. The van der Waals surface area contributed by atoms with Crippen LogP contribution in [0.2, 0.25) is 0 Å². The van der Waals surface area contributed by atoms with Crippen LogP contribution in [0.25, 0.3) is 0 Å². The fraction of sp³-hybridized carbons (Fsp3) is 0.700. The molecule has 0 fully saturated rings. The Morgan fingerprint density at radius 1 is 1.60 bits per heavy atom. The lowest BCUT2D eigenvalue weighted by atomic mass is 10.5. The van der Waals surface area contributed by atoms with Crippen molar-refractivity contribution in [1.29, 1.82) is 0 Å². The Bertz CT molecular complexity index is 289. The summed E-state index contributed by atoms with van der Waals surface area (Å²) in [6.07, 6.45) is 1.82. The highest BCUT2D eigenvalue weighted by molar-refractivity contribution is 6.16. The minimum Gasteiger partial charge on any atom is -0.432 e. The van der Waals surface area contributed by atoms with E-state index in [1.807, 2.05) is 25.8 Å². The molecular weight excluding hydrogens is 216 g/mol. The Morgan fingerprint density at radius 3 is 2.87 bits per heavy atom. The average molecular weight is 233 g/mol. The summed E-state index contributed by atoms with van der Waals surface area (Å²) in [6, 6.07) is 0.581. The number of likely N-dealkylation sites (N-methyl/N-ethyl adjacent to an activating group) is 1. The molecule has 1 heterocycles. The van der Waals surface area contributed by atoms with Gasteiger partial charge in [-0.1, -0.05) is 0 Å². The van der Waals surface area contributed by atoms with Gasteiger partial charge in [-0.15, -0.1) is 11.6 Å². The topological polar surface area (TPSA) is 38.5 Å². The average Bonchev–Trinajstić information content (AvgIpc) is 2.65. The molecule has 0 atom stereocenters. The van der Waals surface area contributed by atoms with Gasteiger partial charge in [-0.3, -0.25) is 0 Å². The van der Waals surface area contributed by atoms with Crippen molar-refractivity contribution in [2.45, 2.75) is 25.8 Å². The van der Waals surface area contributed by atoms with Crippen LogP contribution in [-0.4, -0.2) is 31.3 Å². The summed E-state index contributed by atoms with van der Waals surface area (Å²) in [5.74, 6) is 0.375. The normalized spacial score (nSPS) is 11.0. The van der Waals surface area contributed by atoms with Crippen LogP contribution in [0.3, 0.4) is 0 Å². The third-order valence-electron chi connectivity index (χ3n) is 1.88. The van der Waals surface area contributed by atoms with Crippen molar-refractivity contribution in [2.75, 3.05) is 25.1 Å². The van der Waals surface area contributed by atoms with Crippen LogP contribution < -0.4 is 4.90 Å². The number of rotatable bonds is 6. The molecule has 15 heavy (non-hydrogen) atoms. The molecule has 0 unspecified atom stereocenters. The first-order valence-electron chi connectivity index (χ1n) is 4.96. The van der Waals surface area contributed by atoms with Crippen LogP contribution >= 0.6 is 11.6 Å². The number of oxazole rings is 1. The zero-order valence-electron chi connectivity index (χ0n) is 9.36. The van der Waals surface area contributed by atoms with Crippen molar-refractivity contribution in [3.05, 3.63) is 12.0 Å². The highest BCUT2D eigenvalue weighted by atomic mass is 35.5. The molecule has 0 aliphatic carbocycles. The van der Waals surface area contributed by atoms with Gasteiger partial charge in [0.15, 0.2) is 0 Å². The van der Waals surface area contributed by atoms with E-state index in [9.17, 15) is 0 Å². The standard InChI is InChI=1S/C10H17ClN2O2/c1-8(2)14-5-4-13(3)10-12-9(6-11)7-15-10/h7-8H,4-6H2,1-3H3. The lowest BCUT2D eigenvalue weighted by Gasteiger charge is -2.15. The molecule has 5 heteroatoms. The summed E-state index contributed by atoms with van der Waals surface area (Å²) in [5, 5.41) is 0. The van der Waals surface area contributed by atoms with Gasteiger partial charge in [0.25, 0.3) is 6.01 Å². The first-order chi connectivity index (χ1) is 7.13. The molecule has 86 valence electrons. The summed E-state index contributed by atoms with van der Waals surface area (Å²) >= 11 is 5.63. The molecule has 0 saturated heterocycles. The minimum atomic E-state index is 0.251. The number of aromatic nitrogens is 1. The number of ether oxygens (including phenoxy) is 1. The van der Waals surface area contributed by atoms with E-state index in [-0.39, 0.29) is 6.10 Å². The van der Waals surface area contributed by atoms with Gasteiger partial charge in [-0.25, -0.2) is 0 Å². The van der Waals surface area contributed by atoms with Crippen LogP contribution in [0.15, 0.2) is 10.7 Å². The smallest absolute Gasteiger partial charge is 0.297 e. The number of nitrogens with zero attached hydrogens (tertiary/aromatic N) is 2. The lowest BCUT2D eigenvalue weighted by Crippen LogP contribution is -2.24. The SMILES string of the molecule is CC(C)OCCN(C)c1nc(CCl)co1. The number of halogens is 1. The van der Waals surface area contributed by atoms with E-state index in [2.05, 4.69) is 4.98 Å². The van der Waals surface area contributed by atoms with E-state index in [4.69, 9.17) is 20.8 Å². The first-order valence-corrected chi connectivity index (χ1v) is 5.50. The van der Waals surface area contributed by atoms with Crippen molar-refractivity contribution >= 4 is 17.6 Å². The van der Waals surface area contributed by atoms with Crippen LogP contribution in [0.1, 0.15) is 19.5 Å². The molecule has 0 aromatic carbocycles. The predicted octanol–water partition coefficient (Wildman–Crippen LogP) is 2.27. The highest BCUT2D eigenvalue weighted by Gasteiger charge is 2.08.